The van der Waals surface area contributed by atoms with Crippen LogP contribution in [0, 0.1) is 0 Å². The topological polar surface area (TPSA) is 74.9 Å². The number of aliphatic hydroxyl groups is 1. The highest BCUT2D eigenvalue weighted by Crippen LogP contribution is 2.18. The van der Waals surface area contributed by atoms with Crippen LogP contribution in [0.15, 0.2) is 34.7 Å². The highest BCUT2D eigenvalue weighted by molar-refractivity contribution is 5.96. The van der Waals surface area contributed by atoms with Crippen LogP contribution in [-0.4, -0.2) is 60.9 Å². The van der Waals surface area contributed by atoms with E-state index in [0.29, 0.717) is 25.3 Å². The maximum absolute atomic E-state index is 12.2. The van der Waals surface area contributed by atoms with Crippen molar-refractivity contribution in [2.24, 2.45) is 0 Å². The summed E-state index contributed by atoms with van der Waals surface area (Å²) in [5, 5.41) is 14.1. The number of fused-ring (bicyclic) bond motifs is 1. The fourth-order valence-electron chi connectivity index (χ4n) is 2.75. The molecule has 1 aromatic carbocycles. The lowest BCUT2D eigenvalue weighted by molar-refractivity contribution is -0.0213. The molecule has 6 nitrogen and oxygen atoms in total. The number of rotatable bonds is 5. The first-order chi connectivity index (χ1) is 11.0. The number of nitrogens with zero attached hydrogens (tertiary/aromatic N) is 1. The normalized spacial score (nSPS) is 18.7. The molecule has 0 spiro atoms. The molecule has 1 fully saturated rings. The summed E-state index contributed by atoms with van der Waals surface area (Å²) in [5.74, 6) is -0.0585. The van der Waals surface area contributed by atoms with Gasteiger partial charge in [0, 0.05) is 31.6 Å². The van der Waals surface area contributed by atoms with E-state index in [-0.39, 0.29) is 18.2 Å². The van der Waals surface area contributed by atoms with Gasteiger partial charge in [0.2, 0.25) is 0 Å². The van der Waals surface area contributed by atoms with E-state index in [2.05, 4.69) is 10.2 Å². The van der Waals surface area contributed by atoms with Crippen LogP contribution in [0.2, 0.25) is 0 Å². The van der Waals surface area contributed by atoms with Crippen LogP contribution in [0.1, 0.15) is 17.5 Å². The van der Waals surface area contributed by atoms with Crippen molar-refractivity contribution in [1.29, 1.82) is 0 Å². The fraction of sp³-hybridized carbons (Fsp3) is 0.471. The van der Waals surface area contributed by atoms with Gasteiger partial charge in [-0.3, -0.25) is 9.69 Å². The van der Waals surface area contributed by atoms with Gasteiger partial charge in [-0.2, -0.15) is 0 Å². The SMILES string of the molecule is CC(O)(CNC(=O)c1cc2ccccc2o1)CN1CCOCC1. The zero-order chi connectivity index (χ0) is 16.3. The fourth-order valence-corrected chi connectivity index (χ4v) is 2.75. The zero-order valence-electron chi connectivity index (χ0n) is 13.2. The van der Waals surface area contributed by atoms with Gasteiger partial charge in [-0.25, -0.2) is 0 Å². The average molecular weight is 318 g/mol. The van der Waals surface area contributed by atoms with Gasteiger partial charge in [0.1, 0.15) is 5.58 Å². The highest BCUT2D eigenvalue weighted by atomic mass is 16.5. The lowest BCUT2D eigenvalue weighted by Gasteiger charge is -2.33. The number of hydrogen-bond donors (Lipinski definition) is 2. The molecular weight excluding hydrogens is 296 g/mol. The van der Waals surface area contributed by atoms with E-state index < -0.39 is 5.60 Å². The van der Waals surface area contributed by atoms with Gasteiger partial charge in [0.25, 0.3) is 5.91 Å². The standard InChI is InChI=1S/C17H22N2O4/c1-17(21,12-19-6-8-22-9-7-19)11-18-16(20)15-10-13-4-2-3-5-14(13)23-15/h2-5,10,21H,6-9,11-12H2,1H3,(H,18,20). The van der Waals surface area contributed by atoms with Gasteiger partial charge < -0.3 is 19.6 Å². The number of ether oxygens (including phenoxy) is 1. The molecule has 124 valence electrons. The minimum atomic E-state index is -1.00. The van der Waals surface area contributed by atoms with Gasteiger partial charge >= 0.3 is 0 Å². The second-order valence-corrected chi connectivity index (χ2v) is 6.22. The number of morpholine rings is 1. The van der Waals surface area contributed by atoms with Crippen molar-refractivity contribution < 1.29 is 19.1 Å². The number of nitrogens with one attached hydrogen (secondary N) is 1. The smallest absolute Gasteiger partial charge is 0.287 e. The van der Waals surface area contributed by atoms with E-state index in [1.54, 1.807) is 13.0 Å². The third-order valence-electron chi connectivity index (χ3n) is 3.95. The summed E-state index contributed by atoms with van der Waals surface area (Å²) < 4.78 is 10.8. The van der Waals surface area contributed by atoms with Crippen LogP contribution < -0.4 is 5.32 Å². The number of amides is 1. The molecular formula is C17H22N2O4. The van der Waals surface area contributed by atoms with Crippen molar-refractivity contribution in [2.75, 3.05) is 39.4 Å². The van der Waals surface area contributed by atoms with Crippen LogP contribution in [0.5, 0.6) is 0 Å². The molecule has 2 aromatic rings. The molecule has 0 bridgehead atoms. The lowest BCUT2D eigenvalue weighted by atomic mass is 10.1. The van der Waals surface area contributed by atoms with Crippen molar-refractivity contribution in [2.45, 2.75) is 12.5 Å². The van der Waals surface area contributed by atoms with Crippen molar-refractivity contribution >= 4 is 16.9 Å². The van der Waals surface area contributed by atoms with Crippen LogP contribution in [0.4, 0.5) is 0 Å². The average Bonchev–Trinajstić information content (AvgIpc) is 2.97. The first-order valence-electron chi connectivity index (χ1n) is 7.83. The Labute approximate surface area is 135 Å². The second kappa shape index (κ2) is 6.70. The van der Waals surface area contributed by atoms with E-state index in [1.807, 2.05) is 24.3 Å². The molecule has 6 heteroatoms. The monoisotopic (exact) mass is 318 g/mol. The molecule has 0 aliphatic carbocycles. The van der Waals surface area contributed by atoms with Crippen LogP contribution in [-0.2, 0) is 4.74 Å². The van der Waals surface area contributed by atoms with Gasteiger partial charge in [-0.05, 0) is 19.1 Å². The number of carbonyl (C=O) groups excluding carboxylic acids is 1. The van der Waals surface area contributed by atoms with Crippen LogP contribution in [0.3, 0.4) is 0 Å². The van der Waals surface area contributed by atoms with Gasteiger partial charge in [-0.15, -0.1) is 0 Å². The summed E-state index contributed by atoms with van der Waals surface area (Å²) in [6.07, 6.45) is 0. The highest BCUT2D eigenvalue weighted by Gasteiger charge is 2.26. The third kappa shape index (κ3) is 4.10. The van der Waals surface area contributed by atoms with Crippen LogP contribution in [0.25, 0.3) is 11.0 Å². The van der Waals surface area contributed by atoms with Gasteiger partial charge in [0.05, 0.1) is 18.8 Å². The number of β-amino-alcohol motifs (C(OH)–C–C–N with tert-alkyl or cyclic N) is 1. The number of hydrogen-bond acceptors (Lipinski definition) is 5. The number of carbonyl (C=O) groups is 1. The first kappa shape index (κ1) is 16.0. The summed E-state index contributed by atoms with van der Waals surface area (Å²) in [7, 11) is 0. The predicted octanol–water partition coefficient (Wildman–Crippen LogP) is 1.25. The van der Waals surface area contributed by atoms with Crippen LogP contribution >= 0.6 is 0 Å². The Balaban J connectivity index is 1.56. The second-order valence-electron chi connectivity index (χ2n) is 6.22. The minimum Gasteiger partial charge on any atom is -0.451 e. The van der Waals surface area contributed by atoms with E-state index >= 15 is 0 Å². The quantitative estimate of drug-likeness (QED) is 0.868. The van der Waals surface area contributed by atoms with Crippen molar-refractivity contribution in [3.8, 4) is 0 Å². The maximum Gasteiger partial charge on any atom is 0.287 e. The molecule has 0 radical (unpaired) electrons. The zero-order valence-corrected chi connectivity index (χ0v) is 13.2. The molecule has 2 heterocycles. The number of benzene rings is 1. The molecule has 1 atom stereocenters. The molecule has 3 rings (SSSR count). The van der Waals surface area contributed by atoms with E-state index in [0.717, 1.165) is 18.5 Å². The Morgan fingerprint density at radius 3 is 2.83 bits per heavy atom. The predicted molar refractivity (Wildman–Crippen MR) is 86.4 cm³/mol. The van der Waals surface area contributed by atoms with E-state index in [4.69, 9.17) is 9.15 Å². The Morgan fingerprint density at radius 2 is 2.09 bits per heavy atom. The molecule has 1 unspecified atom stereocenters. The van der Waals surface area contributed by atoms with Gasteiger partial charge in [-0.1, -0.05) is 18.2 Å². The Hall–Kier alpha value is -1.89. The Morgan fingerprint density at radius 1 is 1.35 bits per heavy atom. The molecule has 1 aliphatic rings. The lowest BCUT2D eigenvalue weighted by Crippen LogP contribution is -2.51. The van der Waals surface area contributed by atoms with Crippen molar-refractivity contribution in [3.63, 3.8) is 0 Å². The van der Waals surface area contributed by atoms with Gasteiger partial charge in [0.15, 0.2) is 5.76 Å². The maximum atomic E-state index is 12.2. The summed E-state index contributed by atoms with van der Waals surface area (Å²) in [5.41, 5.74) is -0.323. The summed E-state index contributed by atoms with van der Waals surface area (Å²) in [6.45, 7) is 5.35. The Bertz CT molecular complexity index is 641. The molecule has 1 aromatic heterocycles. The van der Waals surface area contributed by atoms with E-state index in [1.165, 1.54) is 0 Å². The summed E-state index contributed by atoms with van der Waals surface area (Å²) in [4.78, 5) is 14.3. The third-order valence-corrected chi connectivity index (χ3v) is 3.95. The number of furan rings is 1. The minimum absolute atomic E-state index is 0.167. The molecule has 1 saturated heterocycles. The first-order valence-corrected chi connectivity index (χ1v) is 7.83. The van der Waals surface area contributed by atoms with Crippen molar-refractivity contribution in [1.82, 2.24) is 10.2 Å². The van der Waals surface area contributed by atoms with Crippen molar-refractivity contribution in [3.05, 3.63) is 36.1 Å². The summed E-state index contributed by atoms with van der Waals surface area (Å²) >= 11 is 0. The molecule has 0 saturated carbocycles. The number of para-hydroxylation sites is 1. The van der Waals surface area contributed by atoms with E-state index in [9.17, 15) is 9.90 Å². The Kier molecular flexibility index (Phi) is 4.66. The summed E-state index contributed by atoms with van der Waals surface area (Å²) in [6, 6.07) is 9.18. The molecule has 1 aliphatic heterocycles. The molecule has 1 amide bonds. The largest absolute Gasteiger partial charge is 0.451 e. The molecule has 23 heavy (non-hydrogen) atoms. The molecule has 2 N–H and O–H groups in total.